The summed E-state index contributed by atoms with van der Waals surface area (Å²) in [6.07, 6.45) is 1.93. The van der Waals surface area contributed by atoms with Gasteiger partial charge in [-0.15, -0.1) is 0 Å². The zero-order chi connectivity index (χ0) is 19.5. The number of aryl methyl sites for hydroxylation is 3. The summed E-state index contributed by atoms with van der Waals surface area (Å²) < 4.78 is 25.4. The van der Waals surface area contributed by atoms with Gasteiger partial charge >= 0.3 is 0 Å². The highest BCUT2D eigenvalue weighted by Gasteiger charge is 2.21. The van der Waals surface area contributed by atoms with E-state index in [9.17, 15) is 13.2 Å². The number of benzene rings is 2. The Morgan fingerprint density at radius 1 is 1.15 bits per heavy atom. The van der Waals surface area contributed by atoms with Gasteiger partial charge in [0, 0.05) is 0 Å². The van der Waals surface area contributed by atoms with Crippen LogP contribution in [0.25, 0.3) is 0 Å². The van der Waals surface area contributed by atoms with Gasteiger partial charge in [0.1, 0.15) is 6.54 Å². The Morgan fingerprint density at radius 2 is 1.77 bits per heavy atom. The van der Waals surface area contributed by atoms with Crippen LogP contribution in [-0.4, -0.2) is 27.1 Å². The number of rotatable bonds is 6. The molecule has 0 radical (unpaired) electrons. The first-order chi connectivity index (χ1) is 12.1. The lowest BCUT2D eigenvalue weighted by atomic mass is 10.1. The van der Waals surface area contributed by atoms with E-state index in [-0.39, 0.29) is 6.54 Å². The van der Waals surface area contributed by atoms with Gasteiger partial charge in [0.05, 0.1) is 22.7 Å². The SMILES string of the molecule is CCc1ccc(N(CC(=O)Nc2c(C)cc(C)cc2Cl)S(C)(=O)=O)cc1. The molecule has 2 aromatic carbocycles. The molecule has 5 nitrogen and oxygen atoms in total. The molecule has 2 aromatic rings. The van der Waals surface area contributed by atoms with Crippen molar-refractivity contribution in [1.29, 1.82) is 0 Å². The molecule has 0 fully saturated rings. The molecule has 0 aliphatic rings. The summed E-state index contributed by atoms with van der Waals surface area (Å²) in [5.41, 5.74) is 3.85. The molecule has 0 aliphatic heterocycles. The second kappa shape index (κ2) is 8.10. The zero-order valence-corrected chi connectivity index (χ0v) is 16.9. The summed E-state index contributed by atoms with van der Waals surface area (Å²) in [6.45, 7) is 5.44. The lowest BCUT2D eigenvalue weighted by molar-refractivity contribution is -0.114. The summed E-state index contributed by atoms with van der Waals surface area (Å²) in [5.74, 6) is -0.455. The third-order valence-electron chi connectivity index (χ3n) is 4.02. The second-order valence-electron chi connectivity index (χ2n) is 6.28. The first-order valence-corrected chi connectivity index (χ1v) is 10.5. The maximum atomic E-state index is 12.5. The standard InChI is InChI=1S/C19H23ClN2O3S/c1-5-15-6-8-16(9-7-15)22(26(4,24)25)12-18(23)21-19-14(3)10-13(2)11-17(19)20/h6-11H,5,12H2,1-4H3,(H,21,23). The second-order valence-corrected chi connectivity index (χ2v) is 8.59. The number of halogens is 1. The molecular formula is C19H23ClN2O3S. The van der Waals surface area contributed by atoms with Gasteiger partial charge < -0.3 is 5.32 Å². The van der Waals surface area contributed by atoms with Crippen molar-refractivity contribution < 1.29 is 13.2 Å². The Balaban J connectivity index is 2.25. The molecule has 26 heavy (non-hydrogen) atoms. The average Bonchev–Trinajstić information content (AvgIpc) is 2.55. The van der Waals surface area contributed by atoms with Crippen LogP contribution in [-0.2, 0) is 21.2 Å². The fraction of sp³-hybridized carbons (Fsp3) is 0.316. The van der Waals surface area contributed by atoms with Crippen LogP contribution in [0.15, 0.2) is 36.4 Å². The number of hydrogen-bond donors (Lipinski definition) is 1. The Labute approximate surface area is 160 Å². The molecule has 1 N–H and O–H groups in total. The predicted molar refractivity (Wildman–Crippen MR) is 108 cm³/mol. The highest BCUT2D eigenvalue weighted by molar-refractivity contribution is 7.92. The average molecular weight is 395 g/mol. The molecule has 2 rings (SSSR count). The highest BCUT2D eigenvalue weighted by Crippen LogP contribution is 2.27. The quantitative estimate of drug-likeness (QED) is 0.807. The lowest BCUT2D eigenvalue weighted by Crippen LogP contribution is -2.37. The maximum absolute atomic E-state index is 12.5. The van der Waals surface area contributed by atoms with E-state index in [0.717, 1.165) is 33.7 Å². The highest BCUT2D eigenvalue weighted by atomic mass is 35.5. The molecule has 7 heteroatoms. The van der Waals surface area contributed by atoms with E-state index < -0.39 is 15.9 Å². The van der Waals surface area contributed by atoms with Crippen LogP contribution in [0.3, 0.4) is 0 Å². The molecule has 0 spiro atoms. The number of anilines is 2. The molecular weight excluding hydrogens is 372 g/mol. The smallest absolute Gasteiger partial charge is 0.245 e. The summed E-state index contributed by atoms with van der Waals surface area (Å²) >= 11 is 6.21. The van der Waals surface area contributed by atoms with Crippen molar-refractivity contribution in [3.05, 3.63) is 58.1 Å². The molecule has 0 saturated heterocycles. The number of nitrogens with one attached hydrogen (secondary N) is 1. The van der Waals surface area contributed by atoms with Gasteiger partial charge in [-0.2, -0.15) is 0 Å². The summed E-state index contributed by atoms with van der Waals surface area (Å²) in [7, 11) is -3.61. The topological polar surface area (TPSA) is 66.5 Å². The maximum Gasteiger partial charge on any atom is 0.245 e. The molecule has 0 bridgehead atoms. The van der Waals surface area contributed by atoms with Crippen LogP contribution in [0.4, 0.5) is 11.4 Å². The molecule has 140 valence electrons. The van der Waals surface area contributed by atoms with Crippen molar-refractivity contribution in [2.75, 3.05) is 22.4 Å². The molecule has 1 amide bonds. The minimum absolute atomic E-state index is 0.325. The first kappa shape index (κ1) is 20.3. The van der Waals surface area contributed by atoms with E-state index >= 15 is 0 Å². The monoisotopic (exact) mass is 394 g/mol. The van der Waals surface area contributed by atoms with Gasteiger partial charge in [0.25, 0.3) is 0 Å². The minimum atomic E-state index is -3.61. The third kappa shape index (κ3) is 4.99. The Hall–Kier alpha value is -2.05. The molecule has 0 aromatic heterocycles. The number of carbonyl (C=O) groups is 1. The third-order valence-corrected chi connectivity index (χ3v) is 5.45. The van der Waals surface area contributed by atoms with E-state index in [1.165, 1.54) is 0 Å². The van der Waals surface area contributed by atoms with Crippen molar-refractivity contribution in [3.8, 4) is 0 Å². The van der Waals surface area contributed by atoms with Gasteiger partial charge in [-0.25, -0.2) is 8.42 Å². The van der Waals surface area contributed by atoms with Gasteiger partial charge in [-0.3, -0.25) is 9.10 Å². The van der Waals surface area contributed by atoms with E-state index in [0.29, 0.717) is 16.4 Å². The van der Waals surface area contributed by atoms with Crippen molar-refractivity contribution in [1.82, 2.24) is 0 Å². The summed E-state index contributed by atoms with van der Waals surface area (Å²) in [4.78, 5) is 12.5. The van der Waals surface area contributed by atoms with Crippen LogP contribution >= 0.6 is 11.6 Å². The Bertz CT molecular complexity index is 886. The number of nitrogens with zero attached hydrogens (tertiary/aromatic N) is 1. The molecule has 0 unspecified atom stereocenters. The van der Waals surface area contributed by atoms with Crippen LogP contribution in [0.5, 0.6) is 0 Å². The number of amides is 1. The largest absolute Gasteiger partial charge is 0.323 e. The Morgan fingerprint density at radius 3 is 2.27 bits per heavy atom. The normalized spacial score (nSPS) is 11.3. The first-order valence-electron chi connectivity index (χ1n) is 8.25. The fourth-order valence-corrected chi connectivity index (χ4v) is 3.91. The van der Waals surface area contributed by atoms with E-state index in [2.05, 4.69) is 5.32 Å². The van der Waals surface area contributed by atoms with Crippen LogP contribution in [0.1, 0.15) is 23.6 Å². The van der Waals surface area contributed by atoms with Crippen LogP contribution in [0.2, 0.25) is 5.02 Å². The van der Waals surface area contributed by atoms with Gasteiger partial charge in [-0.05, 0) is 55.2 Å². The van der Waals surface area contributed by atoms with Crippen LogP contribution < -0.4 is 9.62 Å². The minimum Gasteiger partial charge on any atom is -0.323 e. The van der Waals surface area contributed by atoms with Gasteiger partial charge in [-0.1, -0.05) is 36.7 Å². The predicted octanol–water partition coefficient (Wildman–Crippen LogP) is 3.92. The summed E-state index contributed by atoms with van der Waals surface area (Å²) in [6, 6.07) is 10.8. The van der Waals surface area contributed by atoms with Gasteiger partial charge in [0.15, 0.2) is 0 Å². The van der Waals surface area contributed by atoms with E-state index in [1.54, 1.807) is 18.2 Å². The molecule has 0 aliphatic carbocycles. The molecule has 0 heterocycles. The van der Waals surface area contributed by atoms with E-state index in [1.807, 2.05) is 39.0 Å². The Kier molecular flexibility index (Phi) is 6.31. The number of hydrogen-bond acceptors (Lipinski definition) is 3. The zero-order valence-electron chi connectivity index (χ0n) is 15.3. The van der Waals surface area contributed by atoms with Crippen LogP contribution in [0, 0.1) is 13.8 Å². The van der Waals surface area contributed by atoms with Crippen molar-refractivity contribution in [2.24, 2.45) is 0 Å². The molecule has 0 atom stereocenters. The van der Waals surface area contributed by atoms with Gasteiger partial charge in [0.2, 0.25) is 15.9 Å². The number of carbonyl (C=O) groups excluding carboxylic acids is 1. The van der Waals surface area contributed by atoms with Crippen molar-refractivity contribution >= 4 is 38.9 Å². The van der Waals surface area contributed by atoms with Crippen molar-refractivity contribution in [2.45, 2.75) is 27.2 Å². The lowest BCUT2D eigenvalue weighted by Gasteiger charge is -2.22. The van der Waals surface area contributed by atoms with E-state index in [4.69, 9.17) is 11.6 Å². The summed E-state index contributed by atoms with van der Waals surface area (Å²) in [5, 5.41) is 3.15. The fourth-order valence-electron chi connectivity index (χ4n) is 2.68. The van der Waals surface area contributed by atoms with Crippen molar-refractivity contribution in [3.63, 3.8) is 0 Å². The molecule has 0 saturated carbocycles. The number of sulfonamides is 1.